The molecule has 180 valence electrons. The first-order chi connectivity index (χ1) is 17.1. The molecule has 0 spiro atoms. The summed E-state index contributed by atoms with van der Waals surface area (Å²) in [5.74, 6) is 0.556. The van der Waals surface area contributed by atoms with Crippen LogP contribution in [0.1, 0.15) is 36.0 Å². The molecule has 1 fully saturated rings. The Labute approximate surface area is 208 Å². The van der Waals surface area contributed by atoms with Crippen molar-refractivity contribution in [3.05, 3.63) is 64.7 Å². The maximum Gasteiger partial charge on any atom is 0.268 e. The fourth-order valence-electron chi connectivity index (χ4n) is 3.81. The summed E-state index contributed by atoms with van der Waals surface area (Å²) in [5.41, 5.74) is 2.81. The Balaban J connectivity index is 1.43. The van der Waals surface area contributed by atoms with Gasteiger partial charge in [0.15, 0.2) is 11.5 Å². The Bertz CT molecular complexity index is 1260. The lowest BCUT2D eigenvalue weighted by Crippen LogP contribution is -2.29. The molecule has 2 aromatic carbocycles. The van der Waals surface area contributed by atoms with Crippen LogP contribution in [0.15, 0.2) is 48.0 Å². The summed E-state index contributed by atoms with van der Waals surface area (Å²) < 4.78 is 11.4. The van der Waals surface area contributed by atoms with E-state index in [0.717, 1.165) is 42.2 Å². The molecule has 1 aliphatic rings. The van der Waals surface area contributed by atoms with E-state index in [1.807, 2.05) is 31.2 Å². The number of carbonyl (C=O) groups is 1. The van der Waals surface area contributed by atoms with Gasteiger partial charge in [-0.1, -0.05) is 47.2 Å². The zero-order chi connectivity index (χ0) is 24.6. The minimum absolute atomic E-state index is 0.0461. The van der Waals surface area contributed by atoms with Crippen molar-refractivity contribution in [2.24, 2.45) is 0 Å². The predicted octanol–water partition coefficient (Wildman–Crippen LogP) is 4.97. The Morgan fingerprint density at radius 1 is 1.17 bits per heavy atom. The molecule has 4 rings (SSSR count). The van der Waals surface area contributed by atoms with E-state index < -0.39 is 5.91 Å². The van der Waals surface area contributed by atoms with E-state index in [0.29, 0.717) is 28.8 Å². The monoisotopic (exact) mass is 489 g/mol. The fraction of sp³-hybridized carbons (Fsp3) is 0.308. The number of nitriles is 1. The number of aromatic nitrogens is 2. The van der Waals surface area contributed by atoms with Crippen LogP contribution in [0, 0.1) is 18.3 Å². The molecule has 3 aromatic rings. The van der Waals surface area contributed by atoms with Gasteiger partial charge in [-0.3, -0.25) is 10.1 Å². The summed E-state index contributed by atoms with van der Waals surface area (Å²) in [4.78, 5) is 14.9. The first kappa shape index (κ1) is 24.2. The highest BCUT2D eigenvalue weighted by molar-refractivity contribution is 7.19. The summed E-state index contributed by atoms with van der Waals surface area (Å²) in [5, 5.41) is 21.7. The second-order valence-electron chi connectivity index (χ2n) is 8.25. The van der Waals surface area contributed by atoms with Crippen LogP contribution in [0.5, 0.6) is 11.5 Å². The lowest BCUT2D eigenvalue weighted by atomic mass is 10.1. The van der Waals surface area contributed by atoms with E-state index in [1.165, 1.54) is 23.8 Å². The molecule has 0 aliphatic carbocycles. The normalized spacial score (nSPS) is 13.7. The lowest BCUT2D eigenvalue weighted by molar-refractivity contribution is -0.112. The Morgan fingerprint density at radius 2 is 2.00 bits per heavy atom. The maximum atomic E-state index is 12.7. The number of ether oxygens (including phenoxy) is 2. The topological polar surface area (TPSA) is 100 Å². The molecule has 1 saturated heterocycles. The third-order valence-corrected chi connectivity index (χ3v) is 6.50. The van der Waals surface area contributed by atoms with Gasteiger partial charge in [-0.15, -0.1) is 10.2 Å². The van der Waals surface area contributed by atoms with Gasteiger partial charge in [0.05, 0.1) is 7.11 Å². The van der Waals surface area contributed by atoms with Gasteiger partial charge in [-0.25, -0.2) is 0 Å². The van der Waals surface area contributed by atoms with Crippen molar-refractivity contribution in [2.75, 3.05) is 30.4 Å². The number of anilines is 2. The number of nitrogens with zero attached hydrogens (tertiary/aromatic N) is 4. The molecule has 0 radical (unpaired) electrons. The van der Waals surface area contributed by atoms with Crippen molar-refractivity contribution in [3.8, 4) is 17.6 Å². The van der Waals surface area contributed by atoms with Crippen LogP contribution in [0.2, 0.25) is 0 Å². The van der Waals surface area contributed by atoms with Gasteiger partial charge in [0.25, 0.3) is 5.91 Å². The predicted molar refractivity (Wildman–Crippen MR) is 137 cm³/mol. The summed E-state index contributed by atoms with van der Waals surface area (Å²) in [6, 6.07) is 15.3. The van der Waals surface area contributed by atoms with Gasteiger partial charge in [0, 0.05) is 13.1 Å². The minimum atomic E-state index is -0.535. The number of aryl methyl sites for hydroxylation is 1. The van der Waals surface area contributed by atoms with Crippen LogP contribution >= 0.6 is 11.3 Å². The van der Waals surface area contributed by atoms with Crippen molar-refractivity contribution in [3.63, 3.8) is 0 Å². The molecule has 1 N–H and O–H groups in total. The van der Waals surface area contributed by atoms with Crippen LogP contribution in [0.4, 0.5) is 10.3 Å². The van der Waals surface area contributed by atoms with Gasteiger partial charge in [0.1, 0.15) is 18.2 Å². The van der Waals surface area contributed by atoms with Crippen LogP contribution in [-0.4, -0.2) is 36.3 Å². The van der Waals surface area contributed by atoms with Crippen LogP contribution in [-0.2, 0) is 11.4 Å². The molecule has 35 heavy (non-hydrogen) atoms. The van der Waals surface area contributed by atoms with Gasteiger partial charge >= 0.3 is 0 Å². The molecule has 1 aromatic heterocycles. The number of piperidine rings is 1. The minimum Gasteiger partial charge on any atom is -0.493 e. The summed E-state index contributed by atoms with van der Waals surface area (Å²) in [7, 11) is 1.55. The number of benzene rings is 2. The van der Waals surface area contributed by atoms with Crippen LogP contribution in [0.25, 0.3) is 6.08 Å². The average molecular weight is 490 g/mol. The summed E-state index contributed by atoms with van der Waals surface area (Å²) in [6.07, 6.45) is 4.98. The molecule has 9 heteroatoms. The molecule has 8 nitrogen and oxygen atoms in total. The summed E-state index contributed by atoms with van der Waals surface area (Å²) in [6.45, 7) is 4.32. The quantitative estimate of drug-likeness (QED) is 0.352. The van der Waals surface area contributed by atoms with E-state index in [1.54, 1.807) is 25.3 Å². The molecule has 0 unspecified atom stereocenters. The molecule has 2 heterocycles. The highest BCUT2D eigenvalue weighted by Gasteiger charge is 2.18. The highest BCUT2D eigenvalue weighted by atomic mass is 32.1. The fourth-order valence-corrected chi connectivity index (χ4v) is 4.61. The number of methoxy groups -OCH3 is 1. The zero-order valence-electron chi connectivity index (χ0n) is 19.8. The number of rotatable bonds is 8. The first-order valence-electron chi connectivity index (χ1n) is 11.4. The van der Waals surface area contributed by atoms with Gasteiger partial charge in [0.2, 0.25) is 10.3 Å². The third-order valence-electron chi connectivity index (χ3n) is 5.60. The maximum absolute atomic E-state index is 12.7. The Hall–Kier alpha value is -3.90. The molecular formula is C26H27N5O3S. The number of nitrogens with one attached hydrogen (secondary N) is 1. The Morgan fingerprint density at radius 3 is 2.74 bits per heavy atom. The highest BCUT2D eigenvalue weighted by Crippen LogP contribution is 2.30. The third kappa shape index (κ3) is 6.37. The van der Waals surface area contributed by atoms with Crippen molar-refractivity contribution < 1.29 is 14.3 Å². The smallest absolute Gasteiger partial charge is 0.268 e. The van der Waals surface area contributed by atoms with E-state index in [-0.39, 0.29) is 5.57 Å². The van der Waals surface area contributed by atoms with Crippen molar-refractivity contribution in [1.82, 2.24) is 10.2 Å². The Kier molecular flexibility index (Phi) is 7.95. The van der Waals surface area contributed by atoms with Gasteiger partial charge < -0.3 is 14.4 Å². The SMILES string of the molecule is COc1cc(/C=C(/C#N)C(=O)Nc2nnc(N3CCCCC3)s2)ccc1OCc1cccc(C)c1. The first-order valence-corrected chi connectivity index (χ1v) is 12.3. The number of hydrogen-bond acceptors (Lipinski definition) is 8. The molecule has 0 saturated carbocycles. The van der Waals surface area contributed by atoms with E-state index in [9.17, 15) is 10.1 Å². The number of carbonyl (C=O) groups excluding carboxylic acids is 1. The number of hydrogen-bond donors (Lipinski definition) is 1. The van der Waals surface area contributed by atoms with Gasteiger partial charge in [-0.2, -0.15) is 5.26 Å². The van der Waals surface area contributed by atoms with Crippen molar-refractivity contribution >= 4 is 33.6 Å². The van der Waals surface area contributed by atoms with E-state index in [2.05, 4.69) is 26.5 Å². The van der Waals surface area contributed by atoms with E-state index >= 15 is 0 Å². The lowest BCUT2D eigenvalue weighted by Gasteiger charge is -2.25. The largest absolute Gasteiger partial charge is 0.493 e. The second-order valence-corrected chi connectivity index (χ2v) is 9.21. The molecule has 1 aliphatic heterocycles. The van der Waals surface area contributed by atoms with E-state index in [4.69, 9.17) is 9.47 Å². The van der Waals surface area contributed by atoms with Crippen LogP contribution in [0.3, 0.4) is 0 Å². The molecule has 0 atom stereocenters. The van der Waals surface area contributed by atoms with Gasteiger partial charge in [-0.05, 0) is 55.5 Å². The number of amides is 1. The average Bonchev–Trinajstić information content (AvgIpc) is 3.35. The van der Waals surface area contributed by atoms with Crippen molar-refractivity contribution in [2.45, 2.75) is 32.8 Å². The molecule has 0 bridgehead atoms. The summed E-state index contributed by atoms with van der Waals surface area (Å²) >= 11 is 1.31. The second kappa shape index (κ2) is 11.5. The molecular weight excluding hydrogens is 462 g/mol. The standard InChI is InChI=1S/C26H27N5O3S/c1-18-7-6-8-20(13-18)17-34-22-10-9-19(15-23(22)33-2)14-21(16-27)24(32)28-25-29-30-26(35-25)31-11-4-3-5-12-31/h6-10,13-15H,3-5,11-12,17H2,1-2H3,(H,28,29,32)/b21-14-. The van der Waals surface area contributed by atoms with Crippen LogP contribution < -0.4 is 19.7 Å². The zero-order valence-corrected chi connectivity index (χ0v) is 20.6. The van der Waals surface area contributed by atoms with Crippen molar-refractivity contribution in [1.29, 1.82) is 5.26 Å². The molecule has 1 amide bonds.